The number of rotatable bonds is 14. The molecule has 0 spiro atoms. The Morgan fingerprint density at radius 3 is 2.39 bits per heavy atom. The number of benzene rings is 2. The van der Waals surface area contributed by atoms with Gasteiger partial charge in [0.15, 0.2) is 0 Å². The van der Waals surface area contributed by atoms with Crippen molar-refractivity contribution in [2.75, 3.05) is 46.4 Å². The van der Waals surface area contributed by atoms with Crippen LogP contribution in [-0.4, -0.2) is 74.9 Å². The van der Waals surface area contributed by atoms with Gasteiger partial charge in [0.1, 0.15) is 5.75 Å². The van der Waals surface area contributed by atoms with Crippen molar-refractivity contribution in [1.82, 2.24) is 9.78 Å². The molecule has 2 aliphatic rings. The molecule has 6 N–H and O–H groups in total. The number of fused-ring (bicyclic) bond motifs is 1. The molecular weight excluding hydrogens is 561 g/mol. The van der Waals surface area contributed by atoms with Gasteiger partial charge in [0, 0.05) is 66.9 Å². The van der Waals surface area contributed by atoms with E-state index in [1.807, 2.05) is 36.5 Å². The number of hydrogen-bond donors (Lipinski definition) is 3. The van der Waals surface area contributed by atoms with Crippen LogP contribution in [0.5, 0.6) is 5.75 Å². The molecule has 0 bridgehead atoms. The summed E-state index contributed by atoms with van der Waals surface area (Å²) in [6.45, 7) is 6.46. The van der Waals surface area contributed by atoms with E-state index in [1.54, 1.807) is 25.1 Å². The Hall–Kier alpha value is -3.55. The molecule has 1 aliphatic carbocycles. The molecule has 0 amide bonds. The zero-order valence-corrected chi connectivity index (χ0v) is 26.1. The molecule has 1 aliphatic heterocycles. The number of nitrogens with two attached hydrogens (primary N) is 3. The van der Waals surface area contributed by atoms with Crippen LogP contribution in [0.15, 0.2) is 55.0 Å². The lowest BCUT2D eigenvalue weighted by atomic mass is 9.76. The number of aromatic nitrogens is 2. The van der Waals surface area contributed by atoms with E-state index in [2.05, 4.69) is 25.0 Å². The van der Waals surface area contributed by atoms with E-state index in [1.165, 1.54) is 6.20 Å². The minimum absolute atomic E-state index is 0.0121. The second kappa shape index (κ2) is 13.6. The average Bonchev–Trinajstić information content (AvgIpc) is 3.75. The zero-order valence-electron chi connectivity index (χ0n) is 26.1. The molecule has 1 saturated carbocycles. The van der Waals surface area contributed by atoms with Crippen molar-refractivity contribution in [2.45, 2.75) is 56.8 Å². The molecule has 0 radical (unpaired) electrons. The average molecular weight is 606 g/mol. The summed E-state index contributed by atoms with van der Waals surface area (Å²) in [6.07, 6.45) is 8.03. The third-order valence-electron chi connectivity index (χ3n) is 8.97. The van der Waals surface area contributed by atoms with Crippen LogP contribution < -0.4 is 27.4 Å². The number of hydrogen-bond acceptors (Lipinski definition) is 10. The van der Waals surface area contributed by atoms with Gasteiger partial charge in [0.05, 0.1) is 62.2 Å². The monoisotopic (exact) mass is 605 g/mol. The van der Waals surface area contributed by atoms with Gasteiger partial charge in [-0.1, -0.05) is 26.0 Å². The molecular formula is C32H44BN5O6. The first-order valence-electron chi connectivity index (χ1n) is 15.2. The minimum atomic E-state index is -0.638. The van der Waals surface area contributed by atoms with Crippen LogP contribution in [0, 0.1) is 0 Å². The summed E-state index contributed by atoms with van der Waals surface area (Å²) in [6, 6.07) is 11.6. The highest BCUT2D eigenvalue weighted by molar-refractivity contribution is 6.63. The maximum atomic E-state index is 6.93. The first-order valence-corrected chi connectivity index (χ1v) is 15.2. The van der Waals surface area contributed by atoms with Crippen LogP contribution in [0.4, 0.5) is 5.69 Å². The normalized spacial score (nSPS) is 23.3. The summed E-state index contributed by atoms with van der Waals surface area (Å²) in [7, 11) is 2.68. The van der Waals surface area contributed by atoms with E-state index in [0.717, 1.165) is 48.0 Å². The van der Waals surface area contributed by atoms with Gasteiger partial charge >= 0.3 is 7.12 Å². The van der Waals surface area contributed by atoms with Crippen molar-refractivity contribution in [2.24, 2.45) is 11.5 Å². The Bertz CT molecular complexity index is 1430. The van der Waals surface area contributed by atoms with Gasteiger partial charge in [-0.3, -0.25) is 0 Å². The summed E-state index contributed by atoms with van der Waals surface area (Å²) in [5.41, 5.74) is 22.1. The van der Waals surface area contributed by atoms with E-state index >= 15 is 0 Å². The van der Waals surface area contributed by atoms with E-state index < -0.39 is 18.3 Å². The van der Waals surface area contributed by atoms with Crippen LogP contribution in [0.25, 0.3) is 22.5 Å². The molecule has 12 heteroatoms. The molecule has 44 heavy (non-hydrogen) atoms. The SMILES string of the molecule is CCC12CC(OCCOCCOC)C[C@@]1(CC)OB(c1cc(-c3ccc(/C(N)=C\N)c(N)c3)c(-n3cccn3)cc1OC)O2. The van der Waals surface area contributed by atoms with Crippen molar-refractivity contribution >= 4 is 24.0 Å². The lowest BCUT2D eigenvalue weighted by molar-refractivity contribution is -0.0281. The Balaban J connectivity index is 1.47. The largest absolute Gasteiger partial charge is 0.498 e. The molecule has 11 nitrogen and oxygen atoms in total. The maximum Gasteiger partial charge on any atom is 0.498 e. The highest BCUT2D eigenvalue weighted by atomic mass is 16.7. The van der Waals surface area contributed by atoms with Gasteiger partial charge in [0.25, 0.3) is 0 Å². The highest BCUT2D eigenvalue weighted by Crippen LogP contribution is 2.54. The molecule has 5 rings (SSSR count). The standard InChI is InChI=1S/C32H44BN5O6/c1-5-31-19-23(42-15-14-41-13-12-39-3)20-32(31,6-2)44-33(43-31)26-17-25(22-8-9-24(27(35)16-22)28(36)21-34)29(18-30(26)40-4)38-11-7-10-37-38/h7-11,16-18,21,23H,5-6,12-15,19-20,34-36H2,1-4H3/b28-21+/t23?,31-,32?/m1/s1. The number of nitrogen functional groups attached to an aromatic ring is 1. The molecule has 3 atom stereocenters. The van der Waals surface area contributed by atoms with Gasteiger partial charge in [-0.25, -0.2) is 4.68 Å². The fourth-order valence-corrected chi connectivity index (χ4v) is 6.65. The highest BCUT2D eigenvalue weighted by Gasteiger charge is 2.66. The van der Waals surface area contributed by atoms with Crippen LogP contribution in [0.1, 0.15) is 45.1 Å². The lowest BCUT2D eigenvalue weighted by Gasteiger charge is -2.37. The van der Waals surface area contributed by atoms with Gasteiger partial charge in [-0.05, 0) is 36.6 Å². The fourth-order valence-electron chi connectivity index (χ4n) is 6.65. The summed E-state index contributed by atoms with van der Waals surface area (Å²) >= 11 is 0. The van der Waals surface area contributed by atoms with E-state index in [9.17, 15) is 0 Å². The lowest BCUT2D eigenvalue weighted by Crippen LogP contribution is -2.46. The second-order valence-electron chi connectivity index (χ2n) is 11.3. The Morgan fingerprint density at radius 1 is 1.07 bits per heavy atom. The Kier molecular flexibility index (Phi) is 9.86. The quantitative estimate of drug-likeness (QED) is 0.142. The predicted molar refractivity (Wildman–Crippen MR) is 172 cm³/mol. The summed E-state index contributed by atoms with van der Waals surface area (Å²) < 4.78 is 38.5. The fraction of sp³-hybridized carbons (Fsp3) is 0.469. The van der Waals surface area contributed by atoms with Crippen molar-refractivity contribution in [3.8, 4) is 22.6 Å². The van der Waals surface area contributed by atoms with Crippen molar-refractivity contribution < 1.29 is 28.3 Å². The smallest absolute Gasteiger partial charge is 0.497 e. The van der Waals surface area contributed by atoms with Crippen molar-refractivity contribution in [3.05, 3.63) is 60.6 Å². The van der Waals surface area contributed by atoms with Crippen LogP contribution >= 0.6 is 0 Å². The van der Waals surface area contributed by atoms with E-state index in [4.69, 9.17) is 45.5 Å². The third kappa shape index (κ3) is 5.92. The number of methoxy groups -OCH3 is 2. The summed E-state index contributed by atoms with van der Waals surface area (Å²) in [5.74, 6) is 0.641. The molecule has 236 valence electrons. The van der Waals surface area contributed by atoms with Crippen molar-refractivity contribution in [3.63, 3.8) is 0 Å². The van der Waals surface area contributed by atoms with E-state index in [0.29, 0.717) is 49.1 Å². The van der Waals surface area contributed by atoms with Gasteiger partial charge in [-0.2, -0.15) is 5.10 Å². The number of anilines is 1. The Morgan fingerprint density at radius 2 is 1.80 bits per heavy atom. The van der Waals surface area contributed by atoms with Crippen LogP contribution in [-0.2, 0) is 23.5 Å². The first-order chi connectivity index (χ1) is 21.3. The number of ether oxygens (including phenoxy) is 4. The van der Waals surface area contributed by atoms with Gasteiger partial charge in [0.2, 0.25) is 0 Å². The first kappa shape index (κ1) is 31.9. The zero-order chi connectivity index (χ0) is 31.3. The van der Waals surface area contributed by atoms with Crippen molar-refractivity contribution in [1.29, 1.82) is 0 Å². The number of nitrogens with zero attached hydrogens (tertiary/aromatic N) is 2. The minimum Gasteiger partial charge on any atom is -0.497 e. The molecule has 2 fully saturated rings. The molecule has 2 aromatic carbocycles. The van der Waals surface area contributed by atoms with E-state index in [-0.39, 0.29) is 6.10 Å². The second-order valence-corrected chi connectivity index (χ2v) is 11.3. The Labute approximate surface area is 259 Å². The molecule has 2 unspecified atom stereocenters. The predicted octanol–water partition coefficient (Wildman–Crippen LogP) is 3.23. The summed E-state index contributed by atoms with van der Waals surface area (Å²) in [4.78, 5) is 0. The summed E-state index contributed by atoms with van der Waals surface area (Å²) in [5, 5.41) is 4.50. The molecule has 1 saturated heterocycles. The van der Waals surface area contributed by atoms with Gasteiger partial charge < -0.3 is 45.5 Å². The third-order valence-corrected chi connectivity index (χ3v) is 8.97. The molecule has 1 aromatic heterocycles. The van der Waals surface area contributed by atoms with Gasteiger partial charge in [-0.15, -0.1) is 0 Å². The van der Waals surface area contributed by atoms with Crippen LogP contribution in [0.3, 0.4) is 0 Å². The maximum absolute atomic E-state index is 6.93. The molecule has 2 heterocycles. The molecule has 3 aromatic rings. The van der Waals surface area contributed by atoms with Crippen LogP contribution in [0.2, 0.25) is 0 Å². The topological polar surface area (TPSA) is 151 Å².